The summed E-state index contributed by atoms with van der Waals surface area (Å²) in [6, 6.07) is 0.572. The fourth-order valence-electron chi connectivity index (χ4n) is 1.81. The maximum atomic E-state index is 5.34. The Morgan fingerprint density at radius 1 is 1.69 bits per heavy atom. The zero-order valence-electron chi connectivity index (χ0n) is 8.38. The molecule has 0 amide bonds. The predicted molar refractivity (Wildman–Crippen MR) is 54.5 cm³/mol. The van der Waals surface area contributed by atoms with Crippen LogP contribution in [-0.2, 0) is 4.74 Å². The van der Waals surface area contributed by atoms with Crippen molar-refractivity contribution >= 4 is 0 Å². The minimum absolute atomic E-state index is 0.572. The average Bonchev–Trinajstić information content (AvgIpc) is 2.64. The first-order valence-electron chi connectivity index (χ1n) is 5.05. The van der Waals surface area contributed by atoms with Gasteiger partial charge in [0.1, 0.15) is 0 Å². The van der Waals surface area contributed by atoms with Crippen molar-refractivity contribution in [1.82, 2.24) is 5.32 Å². The largest absolute Gasteiger partial charge is 0.381 e. The van der Waals surface area contributed by atoms with Crippen molar-refractivity contribution in [3.63, 3.8) is 0 Å². The van der Waals surface area contributed by atoms with Crippen LogP contribution in [0.1, 0.15) is 25.7 Å². The lowest BCUT2D eigenvalue weighted by Crippen LogP contribution is -2.27. The number of ether oxygens (including phenoxy) is 1. The first-order chi connectivity index (χ1) is 6.36. The molecule has 0 aliphatic carbocycles. The third kappa shape index (κ3) is 3.80. The number of terminal acetylenes is 1. The summed E-state index contributed by atoms with van der Waals surface area (Å²) in [7, 11) is 2.01. The Balaban J connectivity index is 2.18. The van der Waals surface area contributed by atoms with Crippen molar-refractivity contribution in [3.05, 3.63) is 0 Å². The van der Waals surface area contributed by atoms with Gasteiger partial charge in [0, 0.05) is 25.7 Å². The van der Waals surface area contributed by atoms with Gasteiger partial charge in [0.25, 0.3) is 0 Å². The van der Waals surface area contributed by atoms with Crippen molar-refractivity contribution in [2.75, 3.05) is 20.3 Å². The Bertz CT molecular complexity index is 167. The van der Waals surface area contributed by atoms with Crippen molar-refractivity contribution in [1.29, 1.82) is 0 Å². The molecule has 1 saturated heterocycles. The SMILES string of the molecule is C#CCCC(CC1CCOC1)NC. The van der Waals surface area contributed by atoms with Gasteiger partial charge in [-0.3, -0.25) is 0 Å². The molecule has 0 aromatic heterocycles. The molecule has 1 aliphatic heterocycles. The fraction of sp³-hybridized carbons (Fsp3) is 0.818. The Morgan fingerprint density at radius 3 is 3.08 bits per heavy atom. The summed E-state index contributed by atoms with van der Waals surface area (Å²) in [4.78, 5) is 0. The maximum absolute atomic E-state index is 5.34. The van der Waals surface area contributed by atoms with Crippen molar-refractivity contribution in [2.45, 2.75) is 31.7 Å². The van der Waals surface area contributed by atoms with Gasteiger partial charge in [0.15, 0.2) is 0 Å². The highest BCUT2D eigenvalue weighted by Crippen LogP contribution is 2.19. The van der Waals surface area contributed by atoms with Crippen LogP contribution in [0, 0.1) is 18.3 Å². The van der Waals surface area contributed by atoms with E-state index in [0.717, 1.165) is 32.0 Å². The summed E-state index contributed by atoms with van der Waals surface area (Å²) in [5.74, 6) is 3.43. The lowest BCUT2D eigenvalue weighted by Gasteiger charge is -2.17. The van der Waals surface area contributed by atoms with E-state index in [1.807, 2.05) is 7.05 Å². The first kappa shape index (κ1) is 10.6. The summed E-state index contributed by atoms with van der Waals surface area (Å²) >= 11 is 0. The van der Waals surface area contributed by atoms with Crippen LogP contribution >= 0.6 is 0 Å². The van der Waals surface area contributed by atoms with Crippen molar-refractivity contribution < 1.29 is 4.74 Å². The standard InChI is InChI=1S/C11H19NO/c1-3-4-5-11(12-2)8-10-6-7-13-9-10/h1,10-12H,4-9H2,2H3. The Morgan fingerprint density at radius 2 is 2.54 bits per heavy atom. The molecule has 2 unspecified atom stereocenters. The van der Waals surface area contributed by atoms with E-state index >= 15 is 0 Å². The maximum Gasteiger partial charge on any atom is 0.0495 e. The summed E-state index contributed by atoms with van der Waals surface area (Å²) < 4.78 is 5.34. The van der Waals surface area contributed by atoms with Gasteiger partial charge >= 0.3 is 0 Å². The molecule has 1 N–H and O–H groups in total. The highest BCUT2D eigenvalue weighted by molar-refractivity contribution is 4.86. The monoisotopic (exact) mass is 181 g/mol. The molecule has 0 spiro atoms. The van der Waals surface area contributed by atoms with Crippen LogP contribution in [0.15, 0.2) is 0 Å². The average molecular weight is 181 g/mol. The summed E-state index contributed by atoms with van der Waals surface area (Å²) in [5, 5.41) is 3.31. The third-order valence-corrected chi connectivity index (χ3v) is 2.69. The molecule has 1 heterocycles. The molecule has 74 valence electrons. The van der Waals surface area contributed by atoms with Crippen LogP contribution < -0.4 is 5.32 Å². The summed E-state index contributed by atoms with van der Waals surface area (Å²) in [6.45, 7) is 1.88. The second kappa shape index (κ2) is 6.01. The normalized spacial score (nSPS) is 24.2. The smallest absolute Gasteiger partial charge is 0.0495 e. The zero-order chi connectivity index (χ0) is 9.52. The number of rotatable bonds is 5. The highest BCUT2D eigenvalue weighted by Gasteiger charge is 2.19. The van der Waals surface area contributed by atoms with E-state index in [4.69, 9.17) is 11.2 Å². The summed E-state index contributed by atoms with van der Waals surface area (Å²) in [5.41, 5.74) is 0. The Hall–Kier alpha value is -0.520. The van der Waals surface area contributed by atoms with E-state index in [1.165, 1.54) is 12.8 Å². The molecule has 2 atom stereocenters. The molecule has 1 rings (SSSR count). The van der Waals surface area contributed by atoms with E-state index in [0.29, 0.717) is 6.04 Å². The van der Waals surface area contributed by atoms with Gasteiger partial charge in [-0.1, -0.05) is 0 Å². The van der Waals surface area contributed by atoms with Gasteiger partial charge in [0.2, 0.25) is 0 Å². The second-order valence-corrected chi connectivity index (χ2v) is 3.69. The van der Waals surface area contributed by atoms with E-state index in [-0.39, 0.29) is 0 Å². The van der Waals surface area contributed by atoms with E-state index in [1.54, 1.807) is 0 Å². The Labute approximate surface area is 81.0 Å². The molecule has 2 nitrogen and oxygen atoms in total. The van der Waals surface area contributed by atoms with Crippen LogP contribution in [0.2, 0.25) is 0 Å². The molecular weight excluding hydrogens is 162 g/mol. The van der Waals surface area contributed by atoms with E-state index < -0.39 is 0 Å². The number of nitrogens with one attached hydrogen (secondary N) is 1. The van der Waals surface area contributed by atoms with Gasteiger partial charge in [-0.25, -0.2) is 0 Å². The van der Waals surface area contributed by atoms with Gasteiger partial charge < -0.3 is 10.1 Å². The fourth-order valence-corrected chi connectivity index (χ4v) is 1.81. The minimum Gasteiger partial charge on any atom is -0.381 e. The van der Waals surface area contributed by atoms with Gasteiger partial charge in [0.05, 0.1) is 0 Å². The van der Waals surface area contributed by atoms with E-state index in [2.05, 4.69) is 11.2 Å². The van der Waals surface area contributed by atoms with Crippen LogP contribution in [0.25, 0.3) is 0 Å². The van der Waals surface area contributed by atoms with Crippen LogP contribution in [0.4, 0.5) is 0 Å². The van der Waals surface area contributed by atoms with Crippen LogP contribution in [0.5, 0.6) is 0 Å². The van der Waals surface area contributed by atoms with Crippen molar-refractivity contribution in [3.8, 4) is 12.3 Å². The highest BCUT2D eigenvalue weighted by atomic mass is 16.5. The lowest BCUT2D eigenvalue weighted by molar-refractivity contribution is 0.181. The minimum atomic E-state index is 0.572. The molecule has 0 saturated carbocycles. The number of hydrogen-bond donors (Lipinski definition) is 1. The Kier molecular flexibility index (Phi) is 4.88. The van der Waals surface area contributed by atoms with E-state index in [9.17, 15) is 0 Å². The molecule has 13 heavy (non-hydrogen) atoms. The van der Waals surface area contributed by atoms with Gasteiger partial charge in [-0.05, 0) is 32.2 Å². The van der Waals surface area contributed by atoms with Crippen LogP contribution in [0.3, 0.4) is 0 Å². The zero-order valence-corrected chi connectivity index (χ0v) is 8.38. The molecule has 0 aromatic carbocycles. The van der Waals surface area contributed by atoms with Gasteiger partial charge in [-0.2, -0.15) is 0 Å². The first-order valence-corrected chi connectivity index (χ1v) is 5.05. The van der Waals surface area contributed by atoms with Crippen LogP contribution in [-0.4, -0.2) is 26.3 Å². The second-order valence-electron chi connectivity index (χ2n) is 3.69. The molecule has 1 aliphatic rings. The molecule has 1 fully saturated rings. The predicted octanol–water partition coefficient (Wildman–Crippen LogP) is 1.41. The molecular formula is C11H19NO. The van der Waals surface area contributed by atoms with Gasteiger partial charge in [-0.15, -0.1) is 12.3 Å². The number of hydrogen-bond acceptors (Lipinski definition) is 2. The molecule has 0 radical (unpaired) electrons. The van der Waals surface area contributed by atoms with Crippen molar-refractivity contribution in [2.24, 2.45) is 5.92 Å². The molecule has 0 aromatic rings. The lowest BCUT2D eigenvalue weighted by atomic mass is 9.96. The summed E-state index contributed by atoms with van der Waals surface area (Å²) in [6.07, 6.45) is 9.62. The molecule has 0 bridgehead atoms. The quantitative estimate of drug-likeness (QED) is 0.648. The third-order valence-electron chi connectivity index (χ3n) is 2.69. The topological polar surface area (TPSA) is 21.3 Å². The molecule has 2 heteroatoms.